The molecule has 0 spiro atoms. The fraction of sp³-hybridized carbons (Fsp3) is 0.100. The molecule has 1 amide bonds. The van der Waals surface area contributed by atoms with Crippen LogP contribution in [0.15, 0.2) is 36.9 Å². The molecular formula is C10H11N5O. The first-order valence-corrected chi connectivity index (χ1v) is 4.74. The van der Waals surface area contributed by atoms with Gasteiger partial charge in [-0.2, -0.15) is 5.10 Å². The number of carbonyl (C=O) groups excluding carboxylic acids is 1. The van der Waals surface area contributed by atoms with Crippen LogP contribution in [-0.2, 0) is 4.79 Å². The minimum atomic E-state index is -0.241. The predicted octanol–water partition coefficient (Wildman–Crippen LogP) is 0.164. The third-order valence-electron chi connectivity index (χ3n) is 1.98. The molecule has 2 heterocycles. The lowest BCUT2D eigenvalue weighted by atomic mass is 10.4. The summed E-state index contributed by atoms with van der Waals surface area (Å²) in [5.74, 6) is -0.241. The van der Waals surface area contributed by atoms with E-state index in [2.05, 4.69) is 15.4 Å². The van der Waals surface area contributed by atoms with Crippen LogP contribution < -0.4 is 11.1 Å². The normalized spacial score (nSPS) is 10.1. The number of nitrogens with zero attached hydrogens (tertiary/aromatic N) is 3. The summed E-state index contributed by atoms with van der Waals surface area (Å²) in [5.41, 5.74) is 6.69. The monoisotopic (exact) mass is 217 g/mol. The third kappa shape index (κ3) is 2.23. The van der Waals surface area contributed by atoms with Gasteiger partial charge < -0.3 is 11.1 Å². The Balaban J connectivity index is 2.17. The van der Waals surface area contributed by atoms with E-state index in [0.29, 0.717) is 5.69 Å². The zero-order chi connectivity index (χ0) is 11.4. The van der Waals surface area contributed by atoms with Crippen LogP contribution in [0.1, 0.15) is 0 Å². The molecule has 6 nitrogen and oxygen atoms in total. The van der Waals surface area contributed by atoms with Gasteiger partial charge in [0, 0.05) is 12.4 Å². The Morgan fingerprint density at radius 2 is 2.19 bits per heavy atom. The van der Waals surface area contributed by atoms with Crippen molar-refractivity contribution in [3.05, 3.63) is 36.9 Å². The van der Waals surface area contributed by atoms with Gasteiger partial charge in [0.15, 0.2) is 0 Å². The Morgan fingerprint density at radius 3 is 2.88 bits per heavy atom. The predicted molar refractivity (Wildman–Crippen MR) is 59.0 cm³/mol. The molecule has 0 bridgehead atoms. The summed E-state index contributed by atoms with van der Waals surface area (Å²) in [4.78, 5) is 15.0. The summed E-state index contributed by atoms with van der Waals surface area (Å²) < 4.78 is 1.65. The first-order chi connectivity index (χ1) is 7.79. The van der Waals surface area contributed by atoms with E-state index >= 15 is 0 Å². The maximum atomic E-state index is 11.0. The van der Waals surface area contributed by atoms with Crippen molar-refractivity contribution in [1.29, 1.82) is 0 Å². The highest BCUT2D eigenvalue weighted by Gasteiger charge is 2.03. The number of hydrogen-bond acceptors (Lipinski definition) is 4. The van der Waals surface area contributed by atoms with E-state index in [-0.39, 0.29) is 12.5 Å². The molecule has 0 saturated heterocycles. The molecule has 0 aliphatic rings. The van der Waals surface area contributed by atoms with Gasteiger partial charge in [-0.15, -0.1) is 0 Å². The van der Waals surface area contributed by atoms with Gasteiger partial charge in [-0.3, -0.25) is 9.78 Å². The molecule has 2 aromatic rings. The van der Waals surface area contributed by atoms with Crippen molar-refractivity contribution in [2.75, 3.05) is 11.9 Å². The molecule has 0 aliphatic heterocycles. The van der Waals surface area contributed by atoms with Crippen LogP contribution in [-0.4, -0.2) is 27.2 Å². The average Bonchev–Trinajstić information content (AvgIpc) is 2.78. The largest absolute Gasteiger partial charge is 0.322 e. The van der Waals surface area contributed by atoms with Gasteiger partial charge >= 0.3 is 0 Å². The Morgan fingerprint density at radius 1 is 1.44 bits per heavy atom. The summed E-state index contributed by atoms with van der Waals surface area (Å²) in [6.07, 6.45) is 6.63. The second-order valence-corrected chi connectivity index (χ2v) is 3.13. The molecule has 2 rings (SSSR count). The fourth-order valence-electron chi connectivity index (χ4n) is 1.24. The molecule has 0 atom stereocenters. The molecule has 82 valence electrons. The van der Waals surface area contributed by atoms with Gasteiger partial charge in [-0.05, 0) is 12.1 Å². The SMILES string of the molecule is NCC(=O)Nc1cnn(-c2ccncc2)c1. The molecule has 2 aromatic heterocycles. The number of amides is 1. The number of anilines is 1. The Kier molecular flexibility index (Phi) is 2.93. The van der Waals surface area contributed by atoms with Gasteiger partial charge in [-0.25, -0.2) is 4.68 Å². The lowest BCUT2D eigenvalue weighted by Crippen LogP contribution is -2.21. The quantitative estimate of drug-likeness (QED) is 0.767. The fourth-order valence-corrected chi connectivity index (χ4v) is 1.24. The molecule has 0 radical (unpaired) electrons. The van der Waals surface area contributed by atoms with Crippen LogP contribution in [0.25, 0.3) is 5.69 Å². The average molecular weight is 217 g/mol. The van der Waals surface area contributed by atoms with E-state index in [9.17, 15) is 4.79 Å². The maximum absolute atomic E-state index is 11.0. The van der Waals surface area contributed by atoms with Gasteiger partial charge in [-0.1, -0.05) is 0 Å². The van der Waals surface area contributed by atoms with E-state index < -0.39 is 0 Å². The third-order valence-corrected chi connectivity index (χ3v) is 1.98. The van der Waals surface area contributed by atoms with Crippen molar-refractivity contribution in [2.24, 2.45) is 5.73 Å². The Hall–Kier alpha value is -2.21. The lowest BCUT2D eigenvalue weighted by molar-refractivity contribution is -0.114. The number of aromatic nitrogens is 3. The zero-order valence-electron chi connectivity index (χ0n) is 8.50. The summed E-state index contributed by atoms with van der Waals surface area (Å²) in [6, 6.07) is 3.64. The van der Waals surface area contributed by atoms with E-state index in [1.165, 1.54) is 0 Å². The smallest absolute Gasteiger partial charge is 0.238 e. The summed E-state index contributed by atoms with van der Waals surface area (Å²) in [6.45, 7) is -0.0412. The van der Waals surface area contributed by atoms with Gasteiger partial charge in [0.1, 0.15) is 0 Å². The highest BCUT2D eigenvalue weighted by Crippen LogP contribution is 2.10. The number of nitrogens with one attached hydrogen (secondary N) is 1. The molecule has 16 heavy (non-hydrogen) atoms. The van der Waals surface area contributed by atoms with E-state index in [4.69, 9.17) is 5.73 Å². The summed E-state index contributed by atoms with van der Waals surface area (Å²) >= 11 is 0. The molecule has 3 N–H and O–H groups in total. The molecule has 0 saturated carbocycles. The van der Waals surface area contributed by atoms with E-state index in [1.54, 1.807) is 29.5 Å². The number of carbonyl (C=O) groups is 1. The van der Waals surface area contributed by atoms with Crippen LogP contribution in [0.5, 0.6) is 0 Å². The minimum absolute atomic E-state index is 0.0412. The van der Waals surface area contributed by atoms with Gasteiger partial charge in [0.2, 0.25) is 5.91 Å². The lowest BCUT2D eigenvalue weighted by Gasteiger charge is -1.99. The first kappa shape index (κ1) is 10.3. The van der Waals surface area contributed by atoms with Crippen LogP contribution in [0.4, 0.5) is 5.69 Å². The highest BCUT2D eigenvalue weighted by atomic mass is 16.1. The number of hydrogen-bond donors (Lipinski definition) is 2. The standard InChI is InChI=1S/C10H11N5O/c11-5-10(16)14-8-6-13-15(7-8)9-1-3-12-4-2-9/h1-4,6-7H,5,11H2,(H,14,16). The van der Waals surface area contributed by atoms with Crippen molar-refractivity contribution >= 4 is 11.6 Å². The van der Waals surface area contributed by atoms with Crippen molar-refractivity contribution in [1.82, 2.24) is 14.8 Å². The van der Waals surface area contributed by atoms with Gasteiger partial charge in [0.25, 0.3) is 0 Å². The number of nitrogens with two attached hydrogens (primary N) is 1. The van der Waals surface area contributed by atoms with Crippen molar-refractivity contribution in [3.8, 4) is 5.69 Å². The second-order valence-electron chi connectivity index (χ2n) is 3.13. The molecule has 0 fully saturated rings. The molecule has 0 aromatic carbocycles. The topological polar surface area (TPSA) is 85.8 Å². The summed E-state index contributed by atoms with van der Waals surface area (Å²) in [7, 11) is 0. The van der Waals surface area contributed by atoms with E-state index in [0.717, 1.165) is 5.69 Å². The minimum Gasteiger partial charge on any atom is -0.322 e. The van der Waals surface area contributed by atoms with Crippen LogP contribution in [0, 0.1) is 0 Å². The first-order valence-electron chi connectivity index (χ1n) is 4.74. The zero-order valence-corrected chi connectivity index (χ0v) is 8.50. The number of rotatable bonds is 3. The van der Waals surface area contributed by atoms with Crippen molar-refractivity contribution < 1.29 is 4.79 Å². The van der Waals surface area contributed by atoms with Crippen LogP contribution in [0.3, 0.4) is 0 Å². The molecular weight excluding hydrogens is 206 g/mol. The van der Waals surface area contributed by atoms with Crippen LogP contribution >= 0.6 is 0 Å². The van der Waals surface area contributed by atoms with Crippen molar-refractivity contribution in [3.63, 3.8) is 0 Å². The molecule has 0 aliphatic carbocycles. The molecule has 0 unspecified atom stereocenters. The Bertz CT molecular complexity index is 479. The summed E-state index contributed by atoms with van der Waals surface area (Å²) in [5, 5.41) is 6.73. The van der Waals surface area contributed by atoms with Crippen molar-refractivity contribution in [2.45, 2.75) is 0 Å². The van der Waals surface area contributed by atoms with E-state index in [1.807, 2.05) is 12.1 Å². The van der Waals surface area contributed by atoms with Gasteiger partial charge in [0.05, 0.1) is 30.3 Å². The second kappa shape index (κ2) is 4.54. The van der Waals surface area contributed by atoms with Crippen LogP contribution in [0.2, 0.25) is 0 Å². The maximum Gasteiger partial charge on any atom is 0.238 e. The Labute approximate surface area is 92.1 Å². The highest BCUT2D eigenvalue weighted by molar-refractivity contribution is 5.91. The number of pyridine rings is 1. The molecule has 6 heteroatoms.